The molecule has 2 aliphatic rings. The van der Waals surface area contributed by atoms with Crippen molar-refractivity contribution in [1.29, 1.82) is 0 Å². The molecule has 1 fully saturated rings. The molecule has 2 aliphatic heterocycles. The van der Waals surface area contributed by atoms with Crippen LogP contribution in [0.25, 0.3) is 0 Å². The molecular weight excluding hydrogens is 384 g/mol. The SMILES string of the molecule is Clc1ccc2c(c1)OCc1cccnc1C2N1CCN(Cc2ccncc2)CC1. The van der Waals surface area contributed by atoms with Gasteiger partial charge in [-0.25, -0.2) is 0 Å². The largest absolute Gasteiger partial charge is 0.488 e. The van der Waals surface area contributed by atoms with Crippen LogP contribution in [0.15, 0.2) is 61.1 Å². The third kappa shape index (κ3) is 3.86. The monoisotopic (exact) mass is 406 g/mol. The second kappa shape index (κ2) is 8.11. The Bertz CT molecular complexity index is 989. The van der Waals surface area contributed by atoms with Gasteiger partial charge in [-0.15, -0.1) is 0 Å². The van der Waals surface area contributed by atoms with Crippen LogP contribution >= 0.6 is 11.6 Å². The average molecular weight is 407 g/mol. The fourth-order valence-corrected chi connectivity index (χ4v) is 4.44. The van der Waals surface area contributed by atoms with Gasteiger partial charge in [0.1, 0.15) is 12.4 Å². The summed E-state index contributed by atoms with van der Waals surface area (Å²) < 4.78 is 6.11. The third-order valence-corrected chi connectivity index (χ3v) is 6.00. The number of piperazine rings is 1. The number of halogens is 1. The highest BCUT2D eigenvalue weighted by Gasteiger charge is 2.32. The molecule has 3 aromatic rings. The van der Waals surface area contributed by atoms with E-state index in [1.165, 1.54) is 5.56 Å². The summed E-state index contributed by atoms with van der Waals surface area (Å²) in [4.78, 5) is 13.9. The van der Waals surface area contributed by atoms with Crippen LogP contribution in [0.5, 0.6) is 5.75 Å². The van der Waals surface area contributed by atoms with Gasteiger partial charge in [0.15, 0.2) is 0 Å². The number of rotatable bonds is 3. The van der Waals surface area contributed by atoms with Crippen molar-refractivity contribution in [2.75, 3.05) is 26.2 Å². The summed E-state index contributed by atoms with van der Waals surface area (Å²) in [5.74, 6) is 0.861. The van der Waals surface area contributed by atoms with Crippen molar-refractivity contribution in [2.45, 2.75) is 19.2 Å². The van der Waals surface area contributed by atoms with Crippen LogP contribution in [0.4, 0.5) is 0 Å². The molecule has 1 aromatic carbocycles. The molecule has 5 rings (SSSR count). The van der Waals surface area contributed by atoms with E-state index in [1.807, 2.05) is 36.8 Å². The first-order valence-corrected chi connectivity index (χ1v) is 10.4. The number of ether oxygens (including phenoxy) is 1. The van der Waals surface area contributed by atoms with Gasteiger partial charge in [-0.2, -0.15) is 0 Å². The lowest BCUT2D eigenvalue weighted by atomic mass is 9.97. The lowest BCUT2D eigenvalue weighted by Gasteiger charge is -2.39. The molecule has 0 saturated carbocycles. The second-order valence-corrected chi connectivity index (χ2v) is 8.03. The first-order chi connectivity index (χ1) is 14.3. The molecule has 4 heterocycles. The zero-order chi connectivity index (χ0) is 19.6. The zero-order valence-corrected chi connectivity index (χ0v) is 16.9. The number of benzene rings is 1. The fourth-order valence-electron chi connectivity index (χ4n) is 4.28. The Balaban J connectivity index is 1.41. The maximum Gasteiger partial charge on any atom is 0.126 e. The molecule has 0 bridgehead atoms. The van der Waals surface area contributed by atoms with Gasteiger partial charge in [-0.3, -0.25) is 19.8 Å². The van der Waals surface area contributed by atoms with E-state index in [0.29, 0.717) is 11.6 Å². The maximum absolute atomic E-state index is 6.25. The number of hydrogen-bond acceptors (Lipinski definition) is 5. The van der Waals surface area contributed by atoms with Crippen LogP contribution in [-0.4, -0.2) is 45.9 Å². The predicted molar refractivity (Wildman–Crippen MR) is 113 cm³/mol. The number of nitrogens with zero attached hydrogens (tertiary/aromatic N) is 4. The topological polar surface area (TPSA) is 41.5 Å². The third-order valence-electron chi connectivity index (χ3n) is 5.77. The molecule has 0 N–H and O–H groups in total. The fraction of sp³-hybridized carbons (Fsp3) is 0.304. The minimum Gasteiger partial charge on any atom is -0.488 e. The Morgan fingerprint density at radius 1 is 1.00 bits per heavy atom. The van der Waals surface area contributed by atoms with Crippen molar-refractivity contribution < 1.29 is 4.74 Å². The normalized spacial score (nSPS) is 19.7. The molecule has 6 heteroatoms. The lowest BCUT2D eigenvalue weighted by molar-refractivity contribution is 0.103. The van der Waals surface area contributed by atoms with Gasteiger partial charge in [0.05, 0.1) is 11.7 Å². The summed E-state index contributed by atoms with van der Waals surface area (Å²) in [5.41, 5.74) is 4.69. The zero-order valence-electron chi connectivity index (χ0n) is 16.2. The number of aromatic nitrogens is 2. The van der Waals surface area contributed by atoms with Crippen molar-refractivity contribution in [3.8, 4) is 5.75 Å². The molecule has 0 aliphatic carbocycles. The van der Waals surface area contributed by atoms with Gasteiger partial charge in [0.25, 0.3) is 0 Å². The molecule has 0 spiro atoms. The quantitative estimate of drug-likeness (QED) is 0.659. The van der Waals surface area contributed by atoms with Gasteiger partial charge in [0.2, 0.25) is 0 Å². The summed E-state index contributed by atoms with van der Waals surface area (Å²) in [7, 11) is 0. The number of hydrogen-bond donors (Lipinski definition) is 0. The average Bonchev–Trinajstić information content (AvgIpc) is 2.92. The standard InChI is InChI=1S/C23H23ClN4O/c24-19-3-4-20-21(14-19)29-16-18-2-1-7-26-22(18)23(20)28-12-10-27(11-13-28)15-17-5-8-25-9-6-17/h1-9,14,23H,10-13,15-16H2. The van der Waals surface area contributed by atoms with Crippen LogP contribution < -0.4 is 4.74 Å². The van der Waals surface area contributed by atoms with Crippen molar-refractivity contribution in [1.82, 2.24) is 19.8 Å². The van der Waals surface area contributed by atoms with Crippen LogP contribution in [0.2, 0.25) is 5.02 Å². The second-order valence-electron chi connectivity index (χ2n) is 7.59. The molecule has 2 aromatic heterocycles. The van der Waals surface area contributed by atoms with E-state index in [2.05, 4.69) is 39.0 Å². The predicted octanol–water partition coefficient (Wildman–Crippen LogP) is 3.93. The summed E-state index contributed by atoms with van der Waals surface area (Å²) in [6, 6.07) is 14.3. The smallest absolute Gasteiger partial charge is 0.126 e. The molecule has 5 nitrogen and oxygen atoms in total. The Kier molecular flexibility index (Phi) is 5.19. The lowest BCUT2D eigenvalue weighted by Crippen LogP contribution is -2.47. The molecule has 148 valence electrons. The van der Waals surface area contributed by atoms with E-state index in [4.69, 9.17) is 21.3 Å². The van der Waals surface area contributed by atoms with Gasteiger partial charge in [-0.1, -0.05) is 23.7 Å². The van der Waals surface area contributed by atoms with Crippen LogP contribution in [0.1, 0.15) is 28.4 Å². The Morgan fingerprint density at radius 2 is 1.83 bits per heavy atom. The van der Waals surface area contributed by atoms with Crippen LogP contribution in [0, 0.1) is 0 Å². The van der Waals surface area contributed by atoms with Crippen molar-refractivity contribution in [3.63, 3.8) is 0 Å². The van der Waals surface area contributed by atoms with E-state index < -0.39 is 0 Å². The number of pyridine rings is 2. The molecule has 29 heavy (non-hydrogen) atoms. The van der Waals surface area contributed by atoms with Gasteiger partial charge < -0.3 is 4.74 Å². The molecule has 1 atom stereocenters. The Labute approximate surface area is 175 Å². The van der Waals surface area contributed by atoms with E-state index in [9.17, 15) is 0 Å². The molecule has 1 unspecified atom stereocenters. The van der Waals surface area contributed by atoms with E-state index in [1.54, 1.807) is 0 Å². The maximum atomic E-state index is 6.25. The van der Waals surface area contributed by atoms with Gasteiger partial charge in [0, 0.05) is 67.5 Å². The minimum absolute atomic E-state index is 0.0871. The van der Waals surface area contributed by atoms with Crippen molar-refractivity contribution in [3.05, 3.63) is 88.5 Å². The first-order valence-electron chi connectivity index (χ1n) is 9.99. The van der Waals surface area contributed by atoms with Gasteiger partial charge in [-0.05, 0) is 35.9 Å². The summed E-state index contributed by atoms with van der Waals surface area (Å²) in [6.07, 6.45) is 5.61. The van der Waals surface area contributed by atoms with E-state index in [-0.39, 0.29) is 6.04 Å². The Hall–Kier alpha value is -2.47. The number of fused-ring (bicyclic) bond motifs is 2. The highest BCUT2D eigenvalue weighted by Crippen LogP contribution is 2.40. The van der Waals surface area contributed by atoms with Gasteiger partial charge >= 0.3 is 0 Å². The van der Waals surface area contributed by atoms with Crippen molar-refractivity contribution in [2.24, 2.45) is 0 Å². The van der Waals surface area contributed by atoms with Crippen LogP contribution in [0.3, 0.4) is 0 Å². The molecule has 1 saturated heterocycles. The summed E-state index contributed by atoms with van der Waals surface area (Å²) >= 11 is 6.25. The molecular formula is C23H23ClN4O. The molecule has 0 radical (unpaired) electrons. The minimum atomic E-state index is 0.0871. The Morgan fingerprint density at radius 3 is 2.66 bits per heavy atom. The summed E-state index contributed by atoms with van der Waals surface area (Å²) in [6.45, 7) is 5.48. The highest BCUT2D eigenvalue weighted by atomic mass is 35.5. The van der Waals surface area contributed by atoms with Crippen molar-refractivity contribution >= 4 is 11.6 Å². The van der Waals surface area contributed by atoms with E-state index >= 15 is 0 Å². The van der Waals surface area contributed by atoms with E-state index in [0.717, 1.165) is 55.3 Å². The van der Waals surface area contributed by atoms with Crippen LogP contribution in [-0.2, 0) is 13.2 Å². The molecule has 0 amide bonds. The first kappa shape index (κ1) is 18.6. The summed E-state index contributed by atoms with van der Waals surface area (Å²) in [5, 5.41) is 0.698. The highest BCUT2D eigenvalue weighted by molar-refractivity contribution is 6.30.